The van der Waals surface area contributed by atoms with Crippen LogP contribution in [0.25, 0.3) is 17.2 Å². The highest BCUT2D eigenvalue weighted by atomic mass is 16.6. The first-order chi connectivity index (χ1) is 16.2. The van der Waals surface area contributed by atoms with Crippen molar-refractivity contribution in [3.63, 3.8) is 0 Å². The quantitative estimate of drug-likeness (QED) is 0.267. The predicted octanol–water partition coefficient (Wildman–Crippen LogP) is 6.28. The summed E-state index contributed by atoms with van der Waals surface area (Å²) in [5.41, 5.74) is 5.21. The van der Waals surface area contributed by atoms with Gasteiger partial charge in [0.25, 0.3) is 0 Å². The van der Waals surface area contributed by atoms with Crippen LogP contribution in [-0.2, 0) is 16.1 Å². The van der Waals surface area contributed by atoms with Crippen molar-refractivity contribution in [2.24, 2.45) is 4.99 Å². The zero-order chi connectivity index (χ0) is 22.5. The van der Waals surface area contributed by atoms with Gasteiger partial charge in [0.2, 0.25) is 5.90 Å². The number of hydrogen-bond acceptors (Lipinski definition) is 4. The third kappa shape index (κ3) is 4.91. The van der Waals surface area contributed by atoms with Crippen LogP contribution in [0.3, 0.4) is 0 Å². The molecule has 5 rings (SSSR count). The molecule has 0 aromatic heterocycles. The number of aliphatic imine (C=N–C) groups is 1. The summed E-state index contributed by atoms with van der Waals surface area (Å²) in [6.07, 6.45) is 1.72. The van der Waals surface area contributed by atoms with Crippen molar-refractivity contribution in [1.82, 2.24) is 0 Å². The van der Waals surface area contributed by atoms with Gasteiger partial charge in [0, 0.05) is 5.56 Å². The molecule has 0 N–H and O–H groups in total. The van der Waals surface area contributed by atoms with Crippen LogP contribution in [0.2, 0.25) is 0 Å². The van der Waals surface area contributed by atoms with E-state index in [-0.39, 0.29) is 5.70 Å². The number of rotatable bonds is 6. The van der Waals surface area contributed by atoms with E-state index in [9.17, 15) is 4.79 Å². The second-order valence-electron chi connectivity index (χ2n) is 7.62. The molecule has 33 heavy (non-hydrogen) atoms. The van der Waals surface area contributed by atoms with Gasteiger partial charge in [-0.05, 0) is 52.6 Å². The average Bonchev–Trinajstić information content (AvgIpc) is 3.25. The lowest BCUT2D eigenvalue weighted by molar-refractivity contribution is -0.129. The number of esters is 1. The normalized spacial score (nSPS) is 14.1. The summed E-state index contributed by atoms with van der Waals surface area (Å²) in [7, 11) is 0. The Morgan fingerprint density at radius 1 is 0.697 bits per heavy atom. The van der Waals surface area contributed by atoms with Crippen molar-refractivity contribution < 1.29 is 14.3 Å². The molecule has 4 aromatic carbocycles. The van der Waals surface area contributed by atoms with Crippen molar-refractivity contribution in [2.45, 2.75) is 6.61 Å². The maximum atomic E-state index is 12.3. The van der Waals surface area contributed by atoms with E-state index < -0.39 is 5.97 Å². The molecule has 160 valence electrons. The maximum absolute atomic E-state index is 12.3. The molecule has 1 aliphatic rings. The number of carbonyl (C=O) groups is 1. The fraction of sp³-hybridized carbons (Fsp3) is 0.0345. The molecule has 0 bridgehead atoms. The van der Waals surface area contributed by atoms with Gasteiger partial charge < -0.3 is 9.47 Å². The highest BCUT2D eigenvalue weighted by Gasteiger charge is 2.24. The van der Waals surface area contributed by atoms with E-state index >= 15 is 0 Å². The highest BCUT2D eigenvalue weighted by molar-refractivity contribution is 6.13. The molecule has 0 atom stereocenters. The number of hydrogen-bond donors (Lipinski definition) is 0. The zero-order valence-corrected chi connectivity index (χ0v) is 17.8. The lowest BCUT2D eigenvalue weighted by atomic mass is 10.0. The zero-order valence-electron chi connectivity index (χ0n) is 17.8. The lowest BCUT2D eigenvalue weighted by Gasteiger charge is -2.06. The molecule has 1 aliphatic heterocycles. The maximum Gasteiger partial charge on any atom is 0.363 e. The molecule has 0 spiro atoms. The third-order valence-electron chi connectivity index (χ3n) is 5.29. The summed E-state index contributed by atoms with van der Waals surface area (Å²) in [6.45, 7) is 0.504. The number of ether oxygens (including phenoxy) is 2. The van der Waals surface area contributed by atoms with Crippen LogP contribution in [0.5, 0.6) is 5.75 Å². The Labute approximate surface area is 192 Å². The standard InChI is InChI=1S/C29H21NO3/c31-29-27(19-21-11-17-26(18-12-21)32-20-22-7-3-1-4-8-22)30-28(33-29)25-15-13-24(14-16-25)23-9-5-2-6-10-23/h1-19H,20H2/b27-19-. The molecule has 1 heterocycles. The van der Waals surface area contributed by atoms with Crippen LogP contribution in [0.4, 0.5) is 0 Å². The van der Waals surface area contributed by atoms with E-state index in [0.29, 0.717) is 12.5 Å². The average molecular weight is 431 g/mol. The van der Waals surface area contributed by atoms with E-state index in [0.717, 1.165) is 33.6 Å². The molecule has 0 aliphatic carbocycles. The number of nitrogens with zero attached hydrogens (tertiary/aromatic N) is 1. The van der Waals surface area contributed by atoms with Gasteiger partial charge >= 0.3 is 5.97 Å². The molecule has 4 nitrogen and oxygen atoms in total. The van der Waals surface area contributed by atoms with Crippen molar-refractivity contribution in [2.75, 3.05) is 0 Å². The molecular weight excluding hydrogens is 410 g/mol. The Bertz CT molecular complexity index is 1310. The van der Waals surface area contributed by atoms with Crippen LogP contribution in [-0.4, -0.2) is 11.9 Å². The van der Waals surface area contributed by atoms with Crippen LogP contribution < -0.4 is 4.74 Å². The van der Waals surface area contributed by atoms with E-state index in [4.69, 9.17) is 9.47 Å². The minimum absolute atomic E-state index is 0.273. The van der Waals surface area contributed by atoms with Crippen LogP contribution in [0.1, 0.15) is 16.7 Å². The Kier molecular flexibility index (Phi) is 5.81. The Balaban J connectivity index is 1.28. The summed E-state index contributed by atoms with van der Waals surface area (Å²) >= 11 is 0. The van der Waals surface area contributed by atoms with Gasteiger partial charge in [-0.1, -0.05) is 84.9 Å². The molecule has 0 saturated heterocycles. The summed E-state index contributed by atoms with van der Waals surface area (Å²) in [4.78, 5) is 16.8. The van der Waals surface area contributed by atoms with E-state index in [1.807, 2.05) is 97.1 Å². The second kappa shape index (κ2) is 9.37. The molecule has 0 amide bonds. The minimum Gasteiger partial charge on any atom is -0.489 e. The van der Waals surface area contributed by atoms with Gasteiger partial charge in [-0.2, -0.15) is 0 Å². The first-order valence-electron chi connectivity index (χ1n) is 10.7. The van der Waals surface area contributed by atoms with Crippen molar-refractivity contribution in [3.8, 4) is 16.9 Å². The van der Waals surface area contributed by atoms with Crippen molar-refractivity contribution in [1.29, 1.82) is 0 Å². The summed E-state index contributed by atoms with van der Waals surface area (Å²) in [6, 6.07) is 35.5. The van der Waals surface area contributed by atoms with E-state index in [1.165, 1.54) is 0 Å². The predicted molar refractivity (Wildman–Crippen MR) is 130 cm³/mol. The van der Waals surface area contributed by atoms with Crippen LogP contribution >= 0.6 is 0 Å². The van der Waals surface area contributed by atoms with Gasteiger partial charge in [0.15, 0.2) is 5.70 Å². The lowest BCUT2D eigenvalue weighted by Crippen LogP contribution is -2.05. The molecule has 0 radical (unpaired) electrons. The first kappa shape index (κ1) is 20.5. The van der Waals surface area contributed by atoms with Crippen molar-refractivity contribution in [3.05, 3.63) is 132 Å². The van der Waals surface area contributed by atoms with Gasteiger partial charge in [-0.25, -0.2) is 9.79 Å². The summed E-state index contributed by atoms with van der Waals surface area (Å²) in [5, 5.41) is 0. The highest BCUT2D eigenvalue weighted by Crippen LogP contribution is 2.23. The number of cyclic esters (lactones) is 1. The van der Waals surface area contributed by atoms with Gasteiger partial charge in [0.05, 0.1) is 0 Å². The first-order valence-corrected chi connectivity index (χ1v) is 10.7. The SMILES string of the molecule is O=C1OC(c2ccc(-c3ccccc3)cc2)=N/C1=C\c1ccc(OCc2ccccc2)cc1. The largest absolute Gasteiger partial charge is 0.489 e. The Hall–Kier alpha value is -4.44. The third-order valence-corrected chi connectivity index (χ3v) is 5.29. The smallest absolute Gasteiger partial charge is 0.363 e. The number of carbonyl (C=O) groups excluding carboxylic acids is 1. The van der Waals surface area contributed by atoms with E-state index in [1.54, 1.807) is 6.08 Å². The fourth-order valence-electron chi connectivity index (χ4n) is 3.53. The van der Waals surface area contributed by atoms with Gasteiger partial charge in [0.1, 0.15) is 12.4 Å². The molecular formula is C29H21NO3. The summed E-state index contributed by atoms with van der Waals surface area (Å²) < 4.78 is 11.2. The summed E-state index contributed by atoms with van der Waals surface area (Å²) in [5.74, 6) is 0.618. The molecule has 0 fully saturated rings. The van der Waals surface area contributed by atoms with Crippen LogP contribution in [0, 0.1) is 0 Å². The van der Waals surface area contributed by atoms with E-state index in [2.05, 4.69) is 17.1 Å². The molecule has 4 heteroatoms. The van der Waals surface area contributed by atoms with Gasteiger partial charge in [-0.15, -0.1) is 0 Å². The molecule has 0 unspecified atom stereocenters. The van der Waals surface area contributed by atoms with Gasteiger partial charge in [-0.3, -0.25) is 0 Å². The van der Waals surface area contributed by atoms with Crippen LogP contribution in [0.15, 0.2) is 120 Å². The second-order valence-corrected chi connectivity index (χ2v) is 7.62. The molecule has 4 aromatic rings. The monoisotopic (exact) mass is 431 g/mol. The minimum atomic E-state index is -0.457. The fourth-order valence-corrected chi connectivity index (χ4v) is 3.53. The van der Waals surface area contributed by atoms with Crippen molar-refractivity contribution >= 4 is 17.9 Å². The topological polar surface area (TPSA) is 47.9 Å². The number of benzene rings is 4. The Morgan fingerprint density at radius 3 is 2.00 bits per heavy atom. The Morgan fingerprint density at radius 2 is 1.30 bits per heavy atom. The molecule has 0 saturated carbocycles.